The van der Waals surface area contributed by atoms with Gasteiger partial charge >= 0.3 is 0 Å². The van der Waals surface area contributed by atoms with E-state index in [4.69, 9.17) is 4.74 Å². The zero-order valence-corrected chi connectivity index (χ0v) is 13.7. The van der Waals surface area contributed by atoms with E-state index in [0.29, 0.717) is 12.1 Å². The van der Waals surface area contributed by atoms with E-state index in [0.717, 1.165) is 17.6 Å². The van der Waals surface area contributed by atoms with E-state index in [2.05, 4.69) is 65.1 Å². The SMILES string of the molecule is CNC(C)c1cc(Br)ccc1N1CC(C)OCC1C. The number of benzene rings is 1. The van der Waals surface area contributed by atoms with Crippen LogP contribution in [0.2, 0.25) is 0 Å². The Morgan fingerprint density at radius 2 is 2.16 bits per heavy atom. The first kappa shape index (κ1) is 14.8. The van der Waals surface area contributed by atoms with Crippen LogP contribution in [0.25, 0.3) is 0 Å². The van der Waals surface area contributed by atoms with Crippen LogP contribution in [-0.4, -0.2) is 32.3 Å². The molecule has 2 rings (SSSR count). The van der Waals surface area contributed by atoms with Crippen molar-refractivity contribution in [2.45, 2.75) is 39.0 Å². The van der Waals surface area contributed by atoms with Gasteiger partial charge < -0.3 is 15.0 Å². The molecule has 3 nitrogen and oxygen atoms in total. The highest BCUT2D eigenvalue weighted by atomic mass is 79.9. The van der Waals surface area contributed by atoms with Gasteiger partial charge in [-0.05, 0) is 51.6 Å². The maximum absolute atomic E-state index is 5.73. The van der Waals surface area contributed by atoms with Gasteiger partial charge in [0, 0.05) is 28.8 Å². The van der Waals surface area contributed by atoms with Gasteiger partial charge in [0.25, 0.3) is 0 Å². The molecule has 0 bridgehead atoms. The maximum atomic E-state index is 5.73. The number of halogens is 1. The molecular weight excluding hydrogens is 304 g/mol. The van der Waals surface area contributed by atoms with Gasteiger partial charge in [-0.15, -0.1) is 0 Å². The molecule has 0 aliphatic carbocycles. The minimum Gasteiger partial charge on any atom is -0.375 e. The average molecular weight is 327 g/mol. The lowest BCUT2D eigenvalue weighted by molar-refractivity contribution is 0.0343. The van der Waals surface area contributed by atoms with Crippen LogP contribution < -0.4 is 10.2 Å². The van der Waals surface area contributed by atoms with E-state index < -0.39 is 0 Å². The van der Waals surface area contributed by atoms with E-state index in [1.165, 1.54) is 11.3 Å². The molecule has 1 heterocycles. The Kier molecular flexibility index (Phi) is 4.87. The summed E-state index contributed by atoms with van der Waals surface area (Å²) in [4.78, 5) is 2.46. The van der Waals surface area contributed by atoms with E-state index in [-0.39, 0.29) is 6.10 Å². The number of ether oxygens (including phenoxy) is 1. The van der Waals surface area contributed by atoms with Crippen molar-refractivity contribution in [2.75, 3.05) is 25.1 Å². The minimum absolute atomic E-state index is 0.289. The molecule has 4 heteroatoms. The first-order valence-electron chi connectivity index (χ1n) is 6.88. The van der Waals surface area contributed by atoms with Crippen LogP contribution in [-0.2, 0) is 4.74 Å². The third kappa shape index (κ3) is 3.30. The number of nitrogens with zero attached hydrogens (tertiary/aromatic N) is 1. The van der Waals surface area contributed by atoms with Gasteiger partial charge in [-0.1, -0.05) is 15.9 Å². The fraction of sp³-hybridized carbons (Fsp3) is 0.600. The van der Waals surface area contributed by atoms with Crippen LogP contribution in [0.1, 0.15) is 32.4 Å². The first-order valence-corrected chi connectivity index (χ1v) is 7.67. The Labute approximate surface area is 124 Å². The molecule has 0 amide bonds. The summed E-state index contributed by atoms with van der Waals surface area (Å²) < 4.78 is 6.85. The topological polar surface area (TPSA) is 24.5 Å². The van der Waals surface area contributed by atoms with Gasteiger partial charge in [0.1, 0.15) is 0 Å². The summed E-state index contributed by atoms with van der Waals surface area (Å²) in [6.45, 7) is 8.30. The van der Waals surface area contributed by atoms with E-state index in [1.807, 2.05) is 7.05 Å². The van der Waals surface area contributed by atoms with Gasteiger partial charge in [0.05, 0.1) is 12.7 Å². The number of rotatable bonds is 3. The zero-order chi connectivity index (χ0) is 14.0. The number of hydrogen-bond acceptors (Lipinski definition) is 3. The van der Waals surface area contributed by atoms with Crippen LogP contribution in [0.5, 0.6) is 0 Å². The average Bonchev–Trinajstić information content (AvgIpc) is 2.41. The molecule has 3 unspecified atom stereocenters. The molecule has 0 radical (unpaired) electrons. The van der Waals surface area contributed by atoms with Gasteiger partial charge in [-0.2, -0.15) is 0 Å². The fourth-order valence-corrected chi connectivity index (χ4v) is 2.91. The number of nitrogens with one attached hydrogen (secondary N) is 1. The summed E-state index contributed by atoms with van der Waals surface area (Å²) >= 11 is 3.57. The van der Waals surface area contributed by atoms with Crippen molar-refractivity contribution in [1.82, 2.24) is 5.32 Å². The highest BCUT2D eigenvalue weighted by Gasteiger charge is 2.26. The fourth-order valence-electron chi connectivity index (χ4n) is 2.53. The molecule has 19 heavy (non-hydrogen) atoms. The standard InChI is InChI=1S/C15H23BrN2O/c1-10-9-19-11(2)8-18(10)15-6-5-13(16)7-14(15)12(3)17-4/h5-7,10-12,17H,8-9H2,1-4H3. The maximum Gasteiger partial charge on any atom is 0.0723 e. The van der Waals surface area contributed by atoms with E-state index in [1.54, 1.807) is 0 Å². The minimum atomic E-state index is 0.289. The summed E-state index contributed by atoms with van der Waals surface area (Å²) in [5, 5.41) is 3.34. The summed E-state index contributed by atoms with van der Waals surface area (Å²) in [6.07, 6.45) is 0.289. The number of hydrogen-bond donors (Lipinski definition) is 1. The lowest BCUT2D eigenvalue weighted by atomic mass is 10.0. The second-order valence-corrected chi connectivity index (χ2v) is 6.27. The van der Waals surface area contributed by atoms with Crippen molar-refractivity contribution in [2.24, 2.45) is 0 Å². The van der Waals surface area contributed by atoms with Crippen LogP contribution in [0.15, 0.2) is 22.7 Å². The van der Waals surface area contributed by atoms with Crippen molar-refractivity contribution >= 4 is 21.6 Å². The van der Waals surface area contributed by atoms with Gasteiger partial charge in [-0.25, -0.2) is 0 Å². The Hall–Kier alpha value is -0.580. The molecule has 1 aliphatic heterocycles. The van der Waals surface area contributed by atoms with E-state index >= 15 is 0 Å². The summed E-state index contributed by atoms with van der Waals surface area (Å²) in [5.41, 5.74) is 2.64. The molecule has 0 spiro atoms. The summed E-state index contributed by atoms with van der Waals surface area (Å²) in [6, 6.07) is 7.29. The van der Waals surface area contributed by atoms with Crippen molar-refractivity contribution < 1.29 is 4.74 Å². The van der Waals surface area contributed by atoms with Crippen molar-refractivity contribution in [3.05, 3.63) is 28.2 Å². The predicted octanol–water partition coefficient (Wildman–Crippen LogP) is 3.34. The molecule has 1 N–H and O–H groups in total. The van der Waals surface area contributed by atoms with Gasteiger partial charge in [-0.3, -0.25) is 0 Å². The third-order valence-electron chi connectivity index (χ3n) is 3.81. The Balaban J connectivity index is 2.37. The largest absolute Gasteiger partial charge is 0.375 e. The quantitative estimate of drug-likeness (QED) is 0.921. The normalized spacial score (nSPS) is 25.4. The molecule has 1 fully saturated rings. The first-order chi connectivity index (χ1) is 9.02. The number of anilines is 1. The van der Waals surface area contributed by atoms with Crippen molar-refractivity contribution in [3.8, 4) is 0 Å². The summed E-state index contributed by atoms with van der Waals surface area (Å²) in [5.74, 6) is 0. The highest BCUT2D eigenvalue weighted by Crippen LogP contribution is 2.32. The molecule has 106 valence electrons. The van der Waals surface area contributed by atoms with Crippen molar-refractivity contribution in [3.63, 3.8) is 0 Å². The van der Waals surface area contributed by atoms with Crippen LogP contribution >= 0.6 is 15.9 Å². The lowest BCUT2D eigenvalue weighted by Gasteiger charge is -2.40. The molecule has 1 saturated heterocycles. The van der Waals surface area contributed by atoms with Crippen LogP contribution in [0.4, 0.5) is 5.69 Å². The van der Waals surface area contributed by atoms with Gasteiger partial charge in [0.15, 0.2) is 0 Å². The highest BCUT2D eigenvalue weighted by molar-refractivity contribution is 9.10. The molecule has 0 aromatic heterocycles. The van der Waals surface area contributed by atoms with Crippen LogP contribution in [0.3, 0.4) is 0 Å². The Morgan fingerprint density at radius 3 is 2.84 bits per heavy atom. The molecule has 1 aromatic carbocycles. The Morgan fingerprint density at radius 1 is 1.42 bits per heavy atom. The Bertz CT molecular complexity index is 438. The molecule has 3 atom stereocenters. The molecular formula is C15H23BrN2O. The summed E-state index contributed by atoms with van der Waals surface area (Å²) in [7, 11) is 2.00. The van der Waals surface area contributed by atoms with Crippen LogP contribution in [0, 0.1) is 0 Å². The lowest BCUT2D eigenvalue weighted by Crippen LogP contribution is -2.48. The molecule has 0 saturated carbocycles. The van der Waals surface area contributed by atoms with Crippen molar-refractivity contribution in [1.29, 1.82) is 0 Å². The smallest absolute Gasteiger partial charge is 0.0723 e. The third-order valence-corrected chi connectivity index (χ3v) is 4.30. The molecule has 1 aliphatic rings. The van der Waals surface area contributed by atoms with Gasteiger partial charge in [0.2, 0.25) is 0 Å². The monoisotopic (exact) mass is 326 g/mol. The predicted molar refractivity (Wildman–Crippen MR) is 83.8 cm³/mol. The molecule has 1 aromatic rings. The zero-order valence-electron chi connectivity index (χ0n) is 12.1. The second kappa shape index (κ2) is 6.25. The van der Waals surface area contributed by atoms with E-state index in [9.17, 15) is 0 Å². The number of morpholine rings is 1. The second-order valence-electron chi connectivity index (χ2n) is 5.36.